The Kier molecular flexibility index (Phi) is 7.42. The summed E-state index contributed by atoms with van der Waals surface area (Å²) >= 11 is 0. The summed E-state index contributed by atoms with van der Waals surface area (Å²) in [6, 6.07) is 18.6. The first-order valence-electron chi connectivity index (χ1n) is 12.8. The number of rotatable bonds is 5. The third-order valence-corrected chi connectivity index (χ3v) is 7.35. The Bertz CT molecular complexity index is 1630. The maximum atomic E-state index is 13.0. The lowest BCUT2D eigenvalue weighted by Crippen LogP contribution is -2.28. The standard InChI is InChI=1S/C26H25N3O2.C4H4O4/c1-17-20(26(30)29-12-5-4-8-24(29)27-17)11-13-28-14-19-16-31-23-10-9-18-6-2-3-7-21(18)25(23)22(19)15-28;5-3(6)1-2-4(7)8/h2-10,12,19,22H,11,13-16H2,1H3;1-2H,(H,5,6)(H,7,8). The molecule has 1 fully saturated rings. The van der Waals surface area contributed by atoms with Gasteiger partial charge in [-0.05, 0) is 42.3 Å². The molecule has 2 aromatic carbocycles. The van der Waals surface area contributed by atoms with Gasteiger partial charge in [0.1, 0.15) is 11.4 Å². The van der Waals surface area contributed by atoms with Gasteiger partial charge in [0.25, 0.3) is 5.56 Å². The first-order chi connectivity index (χ1) is 18.8. The number of hydrogen-bond acceptors (Lipinski definition) is 6. The molecule has 0 radical (unpaired) electrons. The first-order valence-corrected chi connectivity index (χ1v) is 12.8. The molecule has 0 aliphatic carbocycles. The monoisotopic (exact) mass is 527 g/mol. The van der Waals surface area contributed by atoms with Gasteiger partial charge in [0.2, 0.25) is 0 Å². The highest BCUT2D eigenvalue weighted by Crippen LogP contribution is 2.45. The number of carbonyl (C=O) groups is 2. The predicted octanol–water partition coefficient (Wildman–Crippen LogP) is 3.52. The molecular formula is C30H29N3O6. The summed E-state index contributed by atoms with van der Waals surface area (Å²) in [5.41, 5.74) is 3.79. The van der Waals surface area contributed by atoms with Gasteiger partial charge in [-0.2, -0.15) is 0 Å². The number of aromatic nitrogens is 2. The number of pyridine rings is 1. The van der Waals surface area contributed by atoms with Crippen LogP contribution in [0.2, 0.25) is 0 Å². The zero-order valence-corrected chi connectivity index (χ0v) is 21.5. The van der Waals surface area contributed by atoms with E-state index in [1.54, 1.807) is 10.6 Å². The molecule has 9 heteroatoms. The minimum Gasteiger partial charge on any atom is -0.493 e. The molecule has 0 spiro atoms. The lowest BCUT2D eigenvalue weighted by molar-refractivity contribution is -0.134. The Morgan fingerprint density at radius 1 is 1.03 bits per heavy atom. The van der Waals surface area contributed by atoms with E-state index in [1.807, 2.05) is 25.1 Å². The zero-order valence-electron chi connectivity index (χ0n) is 21.5. The number of carboxylic acid groups (broad SMARTS) is 2. The molecule has 1 saturated heterocycles. The molecule has 2 N–H and O–H groups in total. The molecule has 2 aliphatic rings. The van der Waals surface area contributed by atoms with Crippen molar-refractivity contribution >= 4 is 28.4 Å². The number of ether oxygens (including phenoxy) is 1. The number of likely N-dealkylation sites (tertiary alicyclic amines) is 1. The average Bonchev–Trinajstić information content (AvgIpc) is 3.35. The van der Waals surface area contributed by atoms with Crippen molar-refractivity contribution in [2.75, 3.05) is 26.2 Å². The molecule has 4 heterocycles. The van der Waals surface area contributed by atoms with E-state index < -0.39 is 11.9 Å². The van der Waals surface area contributed by atoms with Crippen molar-refractivity contribution in [1.29, 1.82) is 0 Å². The highest BCUT2D eigenvalue weighted by atomic mass is 16.5. The molecule has 6 rings (SSSR count). The van der Waals surface area contributed by atoms with Gasteiger partial charge in [0.05, 0.1) is 6.61 Å². The maximum Gasteiger partial charge on any atom is 0.328 e. The third-order valence-electron chi connectivity index (χ3n) is 7.35. The van der Waals surface area contributed by atoms with Crippen LogP contribution in [0.5, 0.6) is 5.75 Å². The van der Waals surface area contributed by atoms with E-state index in [4.69, 9.17) is 14.9 Å². The van der Waals surface area contributed by atoms with Crippen LogP contribution < -0.4 is 10.3 Å². The largest absolute Gasteiger partial charge is 0.493 e. The van der Waals surface area contributed by atoms with E-state index in [0.717, 1.165) is 49.7 Å². The summed E-state index contributed by atoms with van der Waals surface area (Å²) in [7, 11) is 0. The number of aryl methyl sites for hydroxylation is 1. The molecule has 0 saturated carbocycles. The summed E-state index contributed by atoms with van der Waals surface area (Å²) < 4.78 is 7.81. The van der Waals surface area contributed by atoms with Crippen LogP contribution in [-0.2, 0) is 16.0 Å². The predicted molar refractivity (Wildman–Crippen MR) is 146 cm³/mol. The van der Waals surface area contributed by atoms with Crippen molar-refractivity contribution in [2.45, 2.75) is 19.3 Å². The van der Waals surface area contributed by atoms with Crippen LogP contribution in [0.15, 0.2) is 77.7 Å². The van der Waals surface area contributed by atoms with E-state index in [1.165, 1.54) is 16.3 Å². The van der Waals surface area contributed by atoms with Gasteiger partial charge in [0, 0.05) is 66.6 Å². The van der Waals surface area contributed by atoms with Gasteiger partial charge in [-0.25, -0.2) is 14.6 Å². The minimum absolute atomic E-state index is 0.0550. The van der Waals surface area contributed by atoms with Crippen LogP contribution in [0.4, 0.5) is 0 Å². The summed E-state index contributed by atoms with van der Waals surface area (Å²) in [6.45, 7) is 5.60. The van der Waals surface area contributed by atoms with Crippen molar-refractivity contribution in [3.8, 4) is 5.75 Å². The van der Waals surface area contributed by atoms with Gasteiger partial charge in [-0.1, -0.05) is 36.4 Å². The Balaban J connectivity index is 0.000000339. The Labute approximate surface area is 224 Å². The summed E-state index contributed by atoms with van der Waals surface area (Å²) in [5.74, 6) is -0.503. The van der Waals surface area contributed by atoms with Crippen molar-refractivity contribution in [2.24, 2.45) is 5.92 Å². The second-order valence-corrected chi connectivity index (χ2v) is 9.81. The molecule has 200 valence electrons. The SMILES string of the molecule is Cc1nc2ccccn2c(=O)c1CCN1CC2COc3ccc4ccccc4c3C2C1.O=C(O)C=CC(=O)O. The van der Waals surface area contributed by atoms with Gasteiger partial charge in [0.15, 0.2) is 0 Å². The highest BCUT2D eigenvalue weighted by Gasteiger charge is 2.39. The molecule has 9 nitrogen and oxygen atoms in total. The Morgan fingerprint density at radius 3 is 2.54 bits per heavy atom. The van der Waals surface area contributed by atoms with E-state index in [-0.39, 0.29) is 5.56 Å². The number of fused-ring (bicyclic) bond motifs is 6. The van der Waals surface area contributed by atoms with E-state index in [2.05, 4.69) is 46.3 Å². The van der Waals surface area contributed by atoms with Crippen LogP contribution in [0.25, 0.3) is 16.4 Å². The van der Waals surface area contributed by atoms with Gasteiger partial charge < -0.3 is 19.8 Å². The Hall–Kier alpha value is -4.50. The first kappa shape index (κ1) is 26.1. The topological polar surface area (TPSA) is 121 Å². The fourth-order valence-corrected chi connectivity index (χ4v) is 5.56. The van der Waals surface area contributed by atoms with Crippen LogP contribution >= 0.6 is 0 Å². The normalized spacial score (nSPS) is 18.3. The minimum atomic E-state index is -1.26. The molecule has 0 amide bonds. The lowest BCUT2D eigenvalue weighted by atomic mass is 9.84. The van der Waals surface area contributed by atoms with Gasteiger partial charge >= 0.3 is 11.9 Å². The third kappa shape index (κ3) is 5.53. The lowest BCUT2D eigenvalue weighted by Gasteiger charge is -2.29. The van der Waals surface area contributed by atoms with Crippen LogP contribution in [-0.4, -0.2) is 62.7 Å². The number of aliphatic carboxylic acids is 2. The van der Waals surface area contributed by atoms with Crippen LogP contribution in [0, 0.1) is 12.8 Å². The zero-order chi connectivity index (χ0) is 27.5. The molecule has 2 atom stereocenters. The quantitative estimate of drug-likeness (QED) is 0.378. The molecule has 2 aliphatic heterocycles. The average molecular weight is 528 g/mol. The second kappa shape index (κ2) is 11.1. The van der Waals surface area contributed by atoms with E-state index in [9.17, 15) is 14.4 Å². The smallest absolute Gasteiger partial charge is 0.328 e. The maximum absolute atomic E-state index is 13.0. The van der Waals surface area contributed by atoms with Crippen molar-refractivity contribution in [1.82, 2.24) is 14.3 Å². The second-order valence-electron chi connectivity index (χ2n) is 9.81. The highest BCUT2D eigenvalue weighted by molar-refractivity contribution is 5.90. The van der Waals surface area contributed by atoms with Crippen LogP contribution in [0.3, 0.4) is 0 Å². The van der Waals surface area contributed by atoms with Gasteiger partial charge in [-0.15, -0.1) is 0 Å². The van der Waals surface area contributed by atoms with Crippen molar-refractivity contribution in [3.05, 3.63) is 100 Å². The Morgan fingerprint density at radius 2 is 1.77 bits per heavy atom. The fourth-order valence-electron chi connectivity index (χ4n) is 5.56. The van der Waals surface area contributed by atoms with Crippen molar-refractivity contribution < 1.29 is 24.5 Å². The molecule has 4 aromatic rings. The summed E-state index contributed by atoms with van der Waals surface area (Å²) in [5, 5.41) is 18.2. The summed E-state index contributed by atoms with van der Waals surface area (Å²) in [4.78, 5) is 39.2. The number of hydrogen-bond donors (Lipinski definition) is 2. The number of nitrogens with zero attached hydrogens (tertiary/aromatic N) is 3. The molecule has 2 aromatic heterocycles. The molecule has 2 unspecified atom stereocenters. The molecular weight excluding hydrogens is 498 g/mol. The van der Waals surface area contributed by atoms with E-state index in [0.29, 0.717) is 29.6 Å². The summed E-state index contributed by atoms with van der Waals surface area (Å²) in [6.07, 6.45) is 3.64. The van der Waals surface area contributed by atoms with Gasteiger partial charge in [-0.3, -0.25) is 9.20 Å². The number of carboxylic acids is 2. The molecule has 0 bridgehead atoms. The van der Waals surface area contributed by atoms with E-state index >= 15 is 0 Å². The van der Waals surface area contributed by atoms with Crippen molar-refractivity contribution in [3.63, 3.8) is 0 Å². The fraction of sp³-hybridized carbons (Fsp3) is 0.267. The number of benzene rings is 2. The van der Waals surface area contributed by atoms with Crippen LogP contribution in [0.1, 0.15) is 22.7 Å². The molecule has 39 heavy (non-hydrogen) atoms.